The number of benzene rings is 2. The molecule has 2 aromatic carbocycles. The topological polar surface area (TPSA) is 30.5 Å². The van der Waals surface area contributed by atoms with E-state index in [4.69, 9.17) is 9.47 Å². The molecule has 2 rings (SSSR count). The highest BCUT2D eigenvalue weighted by molar-refractivity contribution is 5.38. The van der Waals surface area contributed by atoms with Crippen molar-refractivity contribution in [1.29, 1.82) is 0 Å². The summed E-state index contributed by atoms with van der Waals surface area (Å²) in [4.78, 5) is 0. The Bertz CT molecular complexity index is 571. The van der Waals surface area contributed by atoms with Crippen LogP contribution in [-0.2, 0) is 13.0 Å². The zero-order valence-corrected chi connectivity index (χ0v) is 13.8. The van der Waals surface area contributed by atoms with Crippen LogP contribution >= 0.6 is 0 Å². The minimum Gasteiger partial charge on any atom is -0.497 e. The third-order valence-electron chi connectivity index (χ3n) is 3.91. The van der Waals surface area contributed by atoms with Crippen molar-refractivity contribution in [2.45, 2.75) is 32.9 Å². The van der Waals surface area contributed by atoms with Crippen LogP contribution in [0.4, 0.5) is 0 Å². The molecule has 0 bridgehead atoms. The Balaban J connectivity index is 2.02. The first-order valence-electron chi connectivity index (χ1n) is 7.70. The van der Waals surface area contributed by atoms with Crippen molar-refractivity contribution in [3.05, 3.63) is 59.2 Å². The molecule has 0 heterocycles. The van der Waals surface area contributed by atoms with Gasteiger partial charge in [0, 0.05) is 18.7 Å². The van der Waals surface area contributed by atoms with E-state index in [1.165, 1.54) is 11.1 Å². The van der Waals surface area contributed by atoms with E-state index in [-0.39, 0.29) is 0 Å². The van der Waals surface area contributed by atoms with Gasteiger partial charge in [-0.05, 0) is 42.2 Å². The molecule has 0 amide bonds. The van der Waals surface area contributed by atoms with Gasteiger partial charge >= 0.3 is 0 Å². The first-order chi connectivity index (χ1) is 10.7. The molecule has 0 saturated heterocycles. The SMILES string of the molecule is CCc1ccc(C(C)NCc2cc(OC)cc(OC)c2)cc1. The van der Waals surface area contributed by atoms with Crippen LogP contribution in [0.2, 0.25) is 0 Å². The van der Waals surface area contributed by atoms with E-state index in [2.05, 4.69) is 43.4 Å². The van der Waals surface area contributed by atoms with Crippen LogP contribution in [0.3, 0.4) is 0 Å². The van der Waals surface area contributed by atoms with Crippen molar-refractivity contribution in [3.63, 3.8) is 0 Å². The second-order valence-corrected chi connectivity index (χ2v) is 5.42. The van der Waals surface area contributed by atoms with E-state index >= 15 is 0 Å². The lowest BCUT2D eigenvalue weighted by atomic mass is 10.0. The molecule has 3 heteroatoms. The Kier molecular flexibility index (Phi) is 5.84. The van der Waals surface area contributed by atoms with Gasteiger partial charge in [-0.2, -0.15) is 0 Å². The lowest BCUT2D eigenvalue weighted by Gasteiger charge is -2.16. The molecule has 118 valence electrons. The molecule has 0 fully saturated rings. The zero-order valence-electron chi connectivity index (χ0n) is 13.8. The summed E-state index contributed by atoms with van der Waals surface area (Å²) in [7, 11) is 3.34. The maximum Gasteiger partial charge on any atom is 0.122 e. The molecule has 0 aliphatic carbocycles. The molecule has 0 aromatic heterocycles. The van der Waals surface area contributed by atoms with Crippen LogP contribution in [0.15, 0.2) is 42.5 Å². The molecule has 1 N–H and O–H groups in total. The van der Waals surface area contributed by atoms with Crippen LogP contribution in [0.25, 0.3) is 0 Å². The van der Waals surface area contributed by atoms with E-state index in [1.807, 2.05) is 18.2 Å². The fraction of sp³-hybridized carbons (Fsp3) is 0.368. The molecule has 1 unspecified atom stereocenters. The Morgan fingerprint density at radius 2 is 1.50 bits per heavy atom. The minimum atomic E-state index is 0.295. The molecule has 1 atom stereocenters. The van der Waals surface area contributed by atoms with Gasteiger partial charge in [-0.25, -0.2) is 0 Å². The van der Waals surface area contributed by atoms with Gasteiger partial charge in [0.05, 0.1) is 14.2 Å². The second kappa shape index (κ2) is 7.85. The molecule has 0 aliphatic heterocycles. The summed E-state index contributed by atoms with van der Waals surface area (Å²) in [6.45, 7) is 5.12. The maximum absolute atomic E-state index is 5.31. The smallest absolute Gasteiger partial charge is 0.122 e. The minimum absolute atomic E-state index is 0.295. The lowest BCUT2D eigenvalue weighted by molar-refractivity contribution is 0.392. The van der Waals surface area contributed by atoms with Crippen LogP contribution in [0, 0.1) is 0 Å². The van der Waals surface area contributed by atoms with Crippen LogP contribution in [0.5, 0.6) is 11.5 Å². The molecule has 0 spiro atoms. The number of hydrogen-bond donors (Lipinski definition) is 1. The zero-order chi connectivity index (χ0) is 15.9. The van der Waals surface area contributed by atoms with Crippen LogP contribution in [0.1, 0.15) is 36.6 Å². The van der Waals surface area contributed by atoms with Crippen molar-refractivity contribution < 1.29 is 9.47 Å². The van der Waals surface area contributed by atoms with E-state index in [1.54, 1.807) is 14.2 Å². The summed E-state index contributed by atoms with van der Waals surface area (Å²) in [5, 5.41) is 3.54. The normalized spacial score (nSPS) is 12.0. The molecule has 22 heavy (non-hydrogen) atoms. The number of nitrogens with one attached hydrogen (secondary N) is 1. The number of hydrogen-bond acceptors (Lipinski definition) is 3. The number of methoxy groups -OCH3 is 2. The van der Waals surface area contributed by atoms with Gasteiger partial charge in [-0.1, -0.05) is 31.2 Å². The lowest BCUT2D eigenvalue weighted by Crippen LogP contribution is -2.18. The molecule has 0 aliphatic rings. The molecular weight excluding hydrogens is 274 g/mol. The van der Waals surface area contributed by atoms with Crippen molar-refractivity contribution in [2.75, 3.05) is 14.2 Å². The molecular formula is C19H25NO2. The highest BCUT2D eigenvalue weighted by Crippen LogP contribution is 2.23. The van der Waals surface area contributed by atoms with E-state index in [0.29, 0.717) is 6.04 Å². The highest BCUT2D eigenvalue weighted by atomic mass is 16.5. The summed E-state index contributed by atoms with van der Waals surface area (Å²) >= 11 is 0. The van der Waals surface area contributed by atoms with Crippen molar-refractivity contribution >= 4 is 0 Å². The number of ether oxygens (including phenoxy) is 2. The molecule has 3 nitrogen and oxygen atoms in total. The van der Waals surface area contributed by atoms with E-state index in [0.717, 1.165) is 30.0 Å². The molecule has 2 aromatic rings. The summed E-state index contributed by atoms with van der Waals surface area (Å²) in [6.07, 6.45) is 1.08. The van der Waals surface area contributed by atoms with Crippen LogP contribution in [-0.4, -0.2) is 14.2 Å². The van der Waals surface area contributed by atoms with Gasteiger partial charge in [-0.15, -0.1) is 0 Å². The highest BCUT2D eigenvalue weighted by Gasteiger charge is 2.07. The van der Waals surface area contributed by atoms with Gasteiger partial charge in [0.2, 0.25) is 0 Å². The summed E-state index contributed by atoms with van der Waals surface area (Å²) in [5.74, 6) is 1.63. The maximum atomic E-state index is 5.31. The fourth-order valence-electron chi connectivity index (χ4n) is 2.40. The average molecular weight is 299 g/mol. The van der Waals surface area contributed by atoms with E-state index < -0.39 is 0 Å². The fourth-order valence-corrected chi connectivity index (χ4v) is 2.40. The predicted octanol–water partition coefficient (Wildman–Crippen LogP) is 4.12. The van der Waals surface area contributed by atoms with Gasteiger partial charge < -0.3 is 14.8 Å². The molecule has 0 radical (unpaired) electrons. The largest absolute Gasteiger partial charge is 0.497 e. The summed E-state index contributed by atoms with van der Waals surface area (Å²) in [6, 6.07) is 15.0. The Hall–Kier alpha value is -2.00. The Labute approximate surface area is 133 Å². The average Bonchev–Trinajstić information content (AvgIpc) is 2.59. The number of aryl methyl sites for hydroxylation is 1. The Morgan fingerprint density at radius 1 is 0.909 bits per heavy atom. The van der Waals surface area contributed by atoms with Gasteiger partial charge in [0.15, 0.2) is 0 Å². The van der Waals surface area contributed by atoms with Gasteiger partial charge in [0.25, 0.3) is 0 Å². The van der Waals surface area contributed by atoms with Crippen molar-refractivity contribution in [1.82, 2.24) is 5.32 Å². The van der Waals surface area contributed by atoms with Crippen LogP contribution < -0.4 is 14.8 Å². The van der Waals surface area contributed by atoms with E-state index in [9.17, 15) is 0 Å². The number of rotatable bonds is 7. The molecule has 0 saturated carbocycles. The second-order valence-electron chi connectivity index (χ2n) is 5.42. The first-order valence-corrected chi connectivity index (χ1v) is 7.70. The Morgan fingerprint density at radius 3 is 2.00 bits per heavy atom. The quantitative estimate of drug-likeness (QED) is 0.834. The summed E-state index contributed by atoms with van der Waals surface area (Å²) in [5.41, 5.74) is 3.81. The van der Waals surface area contributed by atoms with Gasteiger partial charge in [-0.3, -0.25) is 0 Å². The van der Waals surface area contributed by atoms with Gasteiger partial charge in [0.1, 0.15) is 11.5 Å². The predicted molar refractivity (Wildman–Crippen MR) is 90.6 cm³/mol. The van der Waals surface area contributed by atoms with Crippen molar-refractivity contribution in [2.24, 2.45) is 0 Å². The summed E-state index contributed by atoms with van der Waals surface area (Å²) < 4.78 is 10.6. The first kappa shape index (κ1) is 16.4. The third-order valence-corrected chi connectivity index (χ3v) is 3.91. The van der Waals surface area contributed by atoms with Crippen molar-refractivity contribution in [3.8, 4) is 11.5 Å². The third kappa shape index (κ3) is 4.25. The standard InChI is InChI=1S/C19H25NO2/c1-5-15-6-8-17(9-7-15)14(2)20-13-16-10-18(21-3)12-19(11-16)22-4/h6-12,14,20H,5,13H2,1-4H3. The monoisotopic (exact) mass is 299 g/mol.